The SMILES string of the molecule is N#Cc1cccn1CCCNC1CC1. The molecule has 1 aromatic rings. The molecule has 0 unspecified atom stereocenters. The normalized spacial score (nSPS) is 15.4. The Hall–Kier alpha value is -1.27. The largest absolute Gasteiger partial charge is 0.339 e. The Morgan fingerprint density at radius 1 is 1.57 bits per heavy atom. The van der Waals surface area contributed by atoms with Gasteiger partial charge in [0.05, 0.1) is 0 Å². The standard InChI is InChI=1S/C11H15N3/c12-9-11-3-1-7-14(11)8-2-6-13-10-4-5-10/h1,3,7,10,13H,2,4-6,8H2. The number of nitrogens with zero attached hydrogens (tertiary/aromatic N) is 2. The molecular formula is C11H15N3. The van der Waals surface area contributed by atoms with Crippen LogP contribution in [0.1, 0.15) is 25.0 Å². The molecule has 1 N–H and O–H groups in total. The molecule has 0 spiro atoms. The maximum atomic E-state index is 8.78. The average molecular weight is 189 g/mol. The van der Waals surface area contributed by atoms with Crippen molar-refractivity contribution >= 4 is 0 Å². The minimum Gasteiger partial charge on any atom is -0.339 e. The monoisotopic (exact) mass is 189 g/mol. The van der Waals surface area contributed by atoms with E-state index < -0.39 is 0 Å². The molecule has 3 nitrogen and oxygen atoms in total. The van der Waals surface area contributed by atoms with E-state index in [4.69, 9.17) is 5.26 Å². The molecule has 0 atom stereocenters. The molecule has 1 aromatic heterocycles. The predicted octanol–water partition coefficient (Wildman–Crippen LogP) is 1.50. The lowest BCUT2D eigenvalue weighted by atomic mass is 10.4. The van der Waals surface area contributed by atoms with Gasteiger partial charge in [-0.25, -0.2) is 0 Å². The predicted molar refractivity (Wildman–Crippen MR) is 54.8 cm³/mol. The number of aromatic nitrogens is 1. The summed E-state index contributed by atoms with van der Waals surface area (Å²) in [4.78, 5) is 0. The lowest BCUT2D eigenvalue weighted by molar-refractivity contribution is 0.578. The van der Waals surface area contributed by atoms with Crippen molar-refractivity contribution in [2.24, 2.45) is 0 Å². The zero-order valence-corrected chi connectivity index (χ0v) is 8.24. The van der Waals surface area contributed by atoms with Crippen molar-refractivity contribution in [3.8, 4) is 6.07 Å². The van der Waals surface area contributed by atoms with Gasteiger partial charge in [0.15, 0.2) is 0 Å². The Balaban J connectivity index is 1.71. The number of nitrogens with one attached hydrogen (secondary N) is 1. The Morgan fingerprint density at radius 3 is 3.14 bits per heavy atom. The fraction of sp³-hybridized carbons (Fsp3) is 0.545. The summed E-state index contributed by atoms with van der Waals surface area (Å²) in [6.45, 7) is 2.00. The molecule has 1 aliphatic rings. The smallest absolute Gasteiger partial charge is 0.120 e. The fourth-order valence-corrected chi connectivity index (χ4v) is 1.55. The zero-order chi connectivity index (χ0) is 9.80. The molecule has 0 radical (unpaired) electrons. The van der Waals surface area contributed by atoms with Crippen molar-refractivity contribution in [3.63, 3.8) is 0 Å². The van der Waals surface area contributed by atoms with E-state index in [1.54, 1.807) is 0 Å². The number of aryl methyl sites for hydroxylation is 1. The highest BCUT2D eigenvalue weighted by Crippen LogP contribution is 2.18. The maximum absolute atomic E-state index is 8.78. The van der Waals surface area contributed by atoms with Gasteiger partial charge in [0, 0.05) is 18.8 Å². The summed E-state index contributed by atoms with van der Waals surface area (Å²) in [5.74, 6) is 0. The number of hydrogen-bond donors (Lipinski definition) is 1. The van der Waals surface area contributed by atoms with Crippen molar-refractivity contribution in [2.45, 2.75) is 31.8 Å². The summed E-state index contributed by atoms with van der Waals surface area (Å²) in [5, 5.41) is 12.2. The maximum Gasteiger partial charge on any atom is 0.120 e. The molecule has 0 saturated heterocycles. The molecule has 0 aliphatic heterocycles. The van der Waals surface area contributed by atoms with Crippen LogP contribution in [0.5, 0.6) is 0 Å². The summed E-state index contributed by atoms with van der Waals surface area (Å²) in [5.41, 5.74) is 0.761. The molecule has 1 aliphatic carbocycles. The Morgan fingerprint density at radius 2 is 2.43 bits per heavy atom. The van der Waals surface area contributed by atoms with Crippen LogP contribution < -0.4 is 5.32 Å². The Labute approximate surface area is 84.3 Å². The number of hydrogen-bond acceptors (Lipinski definition) is 2. The third-order valence-electron chi connectivity index (χ3n) is 2.53. The second-order valence-electron chi connectivity index (χ2n) is 3.78. The van der Waals surface area contributed by atoms with E-state index in [1.165, 1.54) is 12.8 Å². The molecule has 14 heavy (non-hydrogen) atoms. The van der Waals surface area contributed by atoms with E-state index in [1.807, 2.05) is 22.9 Å². The van der Waals surface area contributed by atoms with Crippen molar-refractivity contribution < 1.29 is 0 Å². The van der Waals surface area contributed by atoms with Gasteiger partial charge in [0.1, 0.15) is 11.8 Å². The van der Waals surface area contributed by atoms with Crippen molar-refractivity contribution in [2.75, 3.05) is 6.54 Å². The van der Waals surface area contributed by atoms with Crippen LogP contribution in [0.4, 0.5) is 0 Å². The highest BCUT2D eigenvalue weighted by Gasteiger charge is 2.19. The molecule has 0 amide bonds. The summed E-state index contributed by atoms with van der Waals surface area (Å²) in [7, 11) is 0. The summed E-state index contributed by atoms with van der Waals surface area (Å²) < 4.78 is 2.01. The first-order valence-corrected chi connectivity index (χ1v) is 5.19. The van der Waals surface area contributed by atoms with Crippen molar-refractivity contribution in [1.29, 1.82) is 5.26 Å². The van der Waals surface area contributed by atoms with Gasteiger partial charge >= 0.3 is 0 Å². The highest BCUT2D eigenvalue weighted by atomic mass is 15.0. The van der Waals surface area contributed by atoms with E-state index in [-0.39, 0.29) is 0 Å². The summed E-state index contributed by atoms with van der Waals surface area (Å²) in [6, 6.07) is 6.75. The van der Waals surface area contributed by atoms with E-state index in [0.717, 1.165) is 31.2 Å². The Kier molecular flexibility index (Phi) is 2.85. The van der Waals surface area contributed by atoms with E-state index in [2.05, 4.69) is 11.4 Å². The molecular weight excluding hydrogens is 174 g/mol. The van der Waals surface area contributed by atoms with Gasteiger partial charge in [-0.3, -0.25) is 0 Å². The molecule has 1 fully saturated rings. The van der Waals surface area contributed by atoms with Crippen LogP contribution in [-0.2, 0) is 6.54 Å². The molecule has 2 rings (SSSR count). The van der Waals surface area contributed by atoms with Crippen LogP contribution in [0, 0.1) is 11.3 Å². The summed E-state index contributed by atoms with van der Waals surface area (Å²) >= 11 is 0. The van der Waals surface area contributed by atoms with Crippen molar-refractivity contribution in [1.82, 2.24) is 9.88 Å². The van der Waals surface area contributed by atoms with Crippen LogP contribution in [0.25, 0.3) is 0 Å². The second-order valence-corrected chi connectivity index (χ2v) is 3.78. The van der Waals surface area contributed by atoms with Gasteiger partial charge in [-0.2, -0.15) is 5.26 Å². The third-order valence-corrected chi connectivity index (χ3v) is 2.53. The van der Waals surface area contributed by atoms with Gasteiger partial charge in [-0.1, -0.05) is 0 Å². The van der Waals surface area contributed by atoms with Gasteiger partial charge in [-0.05, 0) is 37.9 Å². The van der Waals surface area contributed by atoms with Crippen LogP contribution in [0.15, 0.2) is 18.3 Å². The van der Waals surface area contributed by atoms with Crippen LogP contribution >= 0.6 is 0 Å². The van der Waals surface area contributed by atoms with Gasteiger partial charge in [0.25, 0.3) is 0 Å². The first-order valence-electron chi connectivity index (χ1n) is 5.19. The second kappa shape index (κ2) is 4.30. The highest BCUT2D eigenvalue weighted by molar-refractivity contribution is 5.21. The lowest BCUT2D eigenvalue weighted by Crippen LogP contribution is -2.19. The summed E-state index contributed by atoms with van der Waals surface area (Å²) in [6.07, 6.45) is 5.75. The minimum atomic E-state index is 0.761. The zero-order valence-electron chi connectivity index (χ0n) is 8.24. The fourth-order valence-electron chi connectivity index (χ4n) is 1.55. The minimum absolute atomic E-state index is 0.761. The van der Waals surface area contributed by atoms with Gasteiger partial charge < -0.3 is 9.88 Å². The van der Waals surface area contributed by atoms with Gasteiger partial charge in [0.2, 0.25) is 0 Å². The molecule has 0 aromatic carbocycles. The van der Waals surface area contributed by atoms with E-state index in [9.17, 15) is 0 Å². The molecule has 0 bridgehead atoms. The quantitative estimate of drug-likeness (QED) is 0.713. The topological polar surface area (TPSA) is 40.8 Å². The van der Waals surface area contributed by atoms with E-state index in [0.29, 0.717) is 0 Å². The average Bonchev–Trinajstić information content (AvgIpc) is 2.91. The van der Waals surface area contributed by atoms with Crippen LogP contribution in [0.2, 0.25) is 0 Å². The first kappa shape index (κ1) is 9.29. The molecule has 1 heterocycles. The molecule has 3 heteroatoms. The van der Waals surface area contributed by atoms with Crippen molar-refractivity contribution in [3.05, 3.63) is 24.0 Å². The van der Waals surface area contributed by atoms with E-state index >= 15 is 0 Å². The number of rotatable bonds is 5. The number of nitriles is 1. The molecule has 74 valence electrons. The van der Waals surface area contributed by atoms with Gasteiger partial charge in [-0.15, -0.1) is 0 Å². The molecule has 1 saturated carbocycles. The third kappa shape index (κ3) is 2.36. The van der Waals surface area contributed by atoms with Crippen LogP contribution in [-0.4, -0.2) is 17.2 Å². The lowest BCUT2D eigenvalue weighted by Gasteiger charge is -2.05. The Bertz CT molecular complexity index is 331. The first-order chi connectivity index (χ1) is 6.90. The van der Waals surface area contributed by atoms with Crippen LogP contribution in [0.3, 0.4) is 0 Å².